The molecule has 0 radical (unpaired) electrons. The summed E-state index contributed by atoms with van der Waals surface area (Å²) in [5, 5.41) is 62.3. The molecule has 29 nitrogen and oxygen atoms in total. The standard InChI is InChI=1S/C60H102N8O21.2C3H8/c1-57(2,3)86-53(81)62-29-21-18-23-36(43(70)32-37(24-19-22-30-63-54(82)87-58(4,5)6)49(76)65-40(52(80)85-13)26-17-20-28-61)31-44(71)41(33-38-34-68(35-64-38)56(84)89-60(10,11)12)66-50(77)39(67-55(83)88-59(7,8)9)25-15-14-16-27-42(69)45(72)46(73)47(74)48(75)51(78)79;2*1-3-2/h34-37,39-41,45-48,72-75H,14-33,61H2,1-13H3,(H,62,81)(H,63,82)(H,65,76)(H,66,77)(H,67,83)(H,78,79);2*3H2,1-2H3/t36?,37?,39?,40?,41?,45-,46+,47+,48-;;/m0../s1. The Balaban J connectivity index is 0. The van der Waals surface area contributed by atoms with Crippen LogP contribution in [0.4, 0.5) is 19.2 Å². The third-order valence-corrected chi connectivity index (χ3v) is 13.1. The first kappa shape index (κ1) is 90.2. The average Bonchev–Trinajstić information content (AvgIpc) is 1.84. The van der Waals surface area contributed by atoms with Crippen molar-refractivity contribution in [1.82, 2.24) is 36.1 Å². The number of hydrogen-bond donors (Lipinski definition) is 11. The van der Waals surface area contributed by atoms with E-state index in [1.165, 1.54) is 26.1 Å². The Kier molecular flexibility index (Phi) is 44.0. The third kappa shape index (κ3) is 43.1. The van der Waals surface area contributed by atoms with E-state index >= 15 is 4.79 Å². The molecule has 0 fully saturated rings. The highest BCUT2D eigenvalue weighted by atomic mass is 16.6. The van der Waals surface area contributed by atoms with Crippen molar-refractivity contribution in [3.8, 4) is 0 Å². The van der Waals surface area contributed by atoms with Gasteiger partial charge >= 0.3 is 36.3 Å². The predicted molar refractivity (Wildman–Crippen MR) is 354 cm³/mol. The van der Waals surface area contributed by atoms with Gasteiger partial charge in [0.05, 0.1) is 18.8 Å². The first-order chi connectivity index (χ1) is 44.0. The van der Waals surface area contributed by atoms with E-state index in [2.05, 4.69) is 59.3 Å². The Morgan fingerprint density at radius 2 is 0.958 bits per heavy atom. The van der Waals surface area contributed by atoms with Crippen molar-refractivity contribution in [2.45, 2.75) is 298 Å². The number of methoxy groups -OCH3 is 1. The summed E-state index contributed by atoms with van der Waals surface area (Å²) in [6.45, 7) is 29.0. The number of ether oxygens (including phenoxy) is 5. The first-order valence-electron chi connectivity index (χ1n) is 33.1. The summed E-state index contributed by atoms with van der Waals surface area (Å²) < 4.78 is 27.6. The minimum absolute atomic E-state index is 0.0172. The quantitative estimate of drug-likeness (QED) is 0.0183. The Bertz CT molecular complexity index is 2500. The van der Waals surface area contributed by atoms with E-state index in [-0.39, 0.29) is 76.6 Å². The molecular weight excluding hydrogens is 1240 g/mol. The van der Waals surface area contributed by atoms with Crippen molar-refractivity contribution in [3.05, 3.63) is 18.2 Å². The number of aliphatic carboxylic acids is 1. The highest BCUT2D eigenvalue weighted by molar-refractivity contribution is 5.96. The fourth-order valence-corrected chi connectivity index (χ4v) is 8.72. The van der Waals surface area contributed by atoms with E-state index in [0.29, 0.717) is 38.6 Å². The number of carboxylic acid groups (broad SMARTS) is 1. The monoisotopic (exact) mass is 1360 g/mol. The van der Waals surface area contributed by atoms with Gasteiger partial charge in [-0.1, -0.05) is 66.2 Å². The molecule has 0 spiro atoms. The van der Waals surface area contributed by atoms with Gasteiger partial charge in [-0.05, 0) is 147 Å². The van der Waals surface area contributed by atoms with Gasteiger partial charge in [-0.25, -0.2) is 38.3 Å². The normalized spacial score (nSPS) is 14.4. The molecule has 0 aromatic carbocycles. The summed E-state index contributed by atoms with van der Waals surface area (Å²) in [6.07, 6.45) is -6.90. The molecule has 95 heavy (non-hydrogen) atoms. The smallest absolute Gasteiger partial charge is 0.419 e. The molecule has 5 amide bonds. The molecule has 1 heterocycles. The van der Waals surface area contributed by atoms with Crippen LogP contribution in [0.3, 0.4) is 0 Å². The Morgan fingerprint density at radius 3 is 1.44 bits per heavy atom. The van der Waals surface area contributed by atoms with Crippen molar-refractivity contribution < 1.29 is 102 Å². The van der Waals surface area contributed by atoms with E-state index in [1.54, 1.807) is 83.1 Å². The van der Waals surface area contributed by atoms with Crippen LogP contribution in [-0.2, 0) is 63.7 Å². The predicted octanol–water partition coefficient (Wildman–Crippen LogP) is 6.79. The van der Waals surface area contributed by atoms with Crippen molar-refractivity contribution in [2.24, 2.45) is 17.6 Å². The van der Waals surface area contributed by atoms with Crippen molar-refractivity contribution in [3.63, 3.8) is 0 Å². The number of aliphatic hydroxyl groups is 4. The lowest BCUT2D eigenvalue weighted by molar-refractivity contribution is -0.165. The number of amides is 5. The third-order valence-electron chi connectivity index (χ3n) is 13.1. The van der Waals surface area contributed by atoms with Crippen LogP contribution >= 0.6 is 0 Å². The summed E-state index contributed by atoms with van der Waals surface area (Å²) in [4.78, 5) is 151. The average molecular weight is 1360 g/mol. The van der Waals surface area contributed by atoms with Gasteiger partial charge in [-0.15, -0.1) is 0 Å². The molecule has 0 saturated carbocycles. The van der Waals surface area contributed by atoms with Crippen LogP contribution in [0, 0.1) is 11.8 Å². The van der Waals surface area contributed by atoms with Crippen LogP contribution in [0.2, 0.25) is 0 Å². The Labute approximate surface area is 561 Å². The number of aromatic nitrogens is 2. The minimum atomic E-state index is -2.50. The van der Waals surface area contributed by atoms with E-state index in [0.717, 1.165) is 10.9 Å². The molecule has 1 aromatic rings. The largest absolute Gasteiger partial charge is 0.479 e. The second-order valence-corrected chi connectivity index (χ2v) is 27.4. The molecule has 9 atom stereocenters. The zero-order valence-corrected chi connectivity index (χ0v) is 59.6. The number of unbranched alkanes of at least 4 members (excludes halogenated alkanes) is 5. The van der Waals surface area contributed by atoms with Gasteiger partial charge in [-0.2, -0.15) is 0 Å². The fourth-order valence-electron chi connectivity index (χ4n) is 8.72. The molecule has 0 aliphatic heterocycles. The zero-order valence-electron chi connectivity index (χ0n) is 59.6. The molecule has 0 saturated heterocycles. The van der Waals surface area contributed by atoms with E-state index in [9.17, 15) is 68.4 Å². The molecule has 1 aromatic heterocycles. The molecule has 548 valence electrons. The van der Waals surface area contributed by atoms with Gasteiger partial charge in [0.1, 0.15) is 64.9 Å². The molecule has 5 unspecified atom stereocenters. The topological polar surface area (TPSA) is 439 Å². The summed E-state index contributed by atoms with van der Waals surface area (Å²) in [5.74, 6) is -8.67. The van der Waals surface area contributed by atoms with Crippen LogP contribution < -0.4 is 32.3 Å². The highest BCUT2D eigenvalue weighted by Crippen LogP contribution is 2.25. The van der Waals surface area contributed by atoms with Gasteiger partial charge in [0.25, 0.3) is 0 Å². The van der Waals surface area contributed by atoms with Crippen molar-refractivity contribution >= 4 is 65.5 Å². The zero-order chi connectivity index (χ0) is 73.5. The summed E-state index contributed by atoms with van der Waals surface area (Å²) in [7, 11) is 1.17. The lowest BCUT2D eigenvalue weighted by atomic mass is 9.83. The number of rotatable bonds is 39. The number of alkyl carbamates (subject to hydrolysis) is 3. The minimum Gasteiger partial charge on any atom is -0.479 e. The van der Waals surface area contributed by atoms with E-state index in [4.69, 9.17) is 34.5 Å². The highest BCUT2D eigenvalue weighted by Gasteiger charge is 2.38. The molecule has 0 aliphatic carbocycles. The maximum Gasteiger partial charge on any atom is 0.419 e. The van der Waals surface area contributed by atoms with Crippen LogP contribution in [0.25, 0.3) is 0 Å². The fraction of sp³-hybridized carbons (Fsp3) is 0.788. The lowest BCUT2D eigenvalue weighted by Gasteiger charge is -2.26. The summed E-state index contributed by atoms with van der Waals surface area (Å²) in [6, 6.07) is -4.05. The number of aliphatic hydroxyl groups excluding tert-OH is 4. The number of Topliss-reactive ketones (excluding diaryl/α,β-unsaturated/α-hetero) is 3. The molecule has 12 N–H and O–H groups in total. The number of imidazole rings is 1. The second-order valence-electron chi connectivity index (χ2n) is 27.4. The first-order valence-corrected chi connectivity index (χ1v) is 33.1. The van der Waals surface area contributed by atoms with Crippen LogP contribution in [0.5, 0.6) is 0 Å². The second kappa shape index (κ2) is 46.4. The maximum atomic E-state index is 15.0. The number of carbonyl (C=O) groups is 11. The van der Waals surface area contributed by atoms with Crippen molar-refractivity contribution in [2.75, 3.05) is 26.7 Å². The number of ketones is 3. The van der Waals surface area contributed by atoms with E-state index in [1.807, 2.05) is 0 Å². The van der Waals surface area contributed by atoms with Gasteiger partial charge in [0.15, 0.2) is 17.7 Å². The lowest BCUT2D eigenvalue weighted by Crippen LogP contribution is -2.53. The summed E-state index contributed by atoms with van der Waals surface area (Å²) in [5.41, 5.74) is 2.29. The number of nitrogens with zero attached hydrogens (tertiary/aromatic N) is 2. The number of carbonyl (C=O) groups excluding carboxylic acids is 10. The molecule has 0 aliphatic rings. The molecule has 29 heteroatoms. The Morgan fingerprint density at radius 1 is 0.516 bits per heavy atom. The maximum absolute atomic E-state index is 15.0. The van der Waals surface area contributed by atoms with Gasteiger partial charge < -0.3 is 81.5 Å². The Hall–Kier alpha value is -6.82. The number of nitrogens with one attached hydrogen (secondary N) is 5. The van der Waals surface area contributed by atoms with Crippen LogP contribution in [0.1, 0.15) is 232 Å². The SMILES string of the molecule is CCC.CCC.COC(=O)C(CCCCN)NC(=O)C(CCCCNC(=O)OC(C)(C)C)CC(=O)C(CCCCNC(=O)OC(C)(C)C)CC(=O)C(Cc1cn(C(=O)OC(C)(C)C)cn1)NC(=O)C(CCCCCC(=O)[C@H](O)[C@@H](O)[C@@H](O)[C@H](O)C(=O)O)NC(=O)OC(C)(C)C. The number of carboxylic acids is 1. The van der Waals surface area contributed by atoms with Crippen LogP contribution in [-0.4, -0.2) is 192 Å². The molecule has 1 rings (SSSR count). The molecular formula is C66H118N8O21. The summed E-state index contributed by atoms with van der Waals surface area (Å²) >= 11 is 0. The van der Waals surface area contributed by atoms with Gasteiger partial charge in [-0.3, -0.25) is 24.0 Å². The van der Waals surface area contributed by atoms with Crippen molar-refractivity contribution in [1.29, 1.82) is 0 Å². The van der Waals surface area contributed by atoms with Gasteiger partial charge in [0, 0.05) is 56.8 Å². The van der Waals surface area contributed by atoms with E-state index < -0.39 is 162 Å². The number of nitrogens with two attached hydrogens (primary N) is 1. The number of esters is 1. The molecule has 0 bridgehead atoms. The van der Waals surface area contributed by atoms with Gasteiger partial charge in [0.2, 0.25) is 11.8 Å². The number of hydrogen-bond acceptors (Lipinski definition) is 22. The van der Waals surface area contributed by atoms with Crippen LogP contribution in [0.15, 0.2) is 12.5 Å².